The number of nitrogens with one attached hydrogen (secondary N) is 1. The number of benzene rings is 1. The van der Waals surface area contributed by atoms with Crippen LogP contribution in [0.2, 0.25) is 0 Å². The van der Waals surface area contributed by atoms with Gasteiger partial charge in [0, 0.05) is 13.0 Å². The van der Waals surface area contributed by atoms with Crippen LogP contribution in [-0.4, -0.2) is 28.0 Å². The van der Waals surface area contributed by atoms with Gasteiger partial charge in [-0.15, -0.1) is 11.3 Å². The molecule has 0 aliphatic carbocycles. The Morgan fingerprint density at radius 3 is 2.70 bits per heavy atom. The molecule has 3 heterocycles. The third-order valence-electron chi connectivity index (χ3n) is 6.20. The van der Waals surface area contributed by atoms with E-state index in [1.807, 2.05) is 31.2 Å². The number of aromatic nitrogens is 2. The fourth-order valence-corrected chi connectivity index (χ4v) is 5.29. The molecule has 174 valence electrons. The molecule has 1 atom stereocenters. The number of carbonyl (C=O) groups excluding carboxylic acids is 2. The van der Waals surface area contributed by atoms with Crippen LogP contribution in [0.25, 0.3) is 10.2 Å². The molecule has 0 spiro atoms. The minimum absolute atomic E-state index is 0.0923. The molecular weight excluding hydrogens is 438 g/mol. The van der Waals surface area contributed by atoms with E-state index in [1.165, 1.54) is 5.56 Å². The Bertz CT molecular complexity index is 1240. The Kier molecular flexibility index (Phi) is 6.93. The van der Waals surface area contributed by atoms with Crippen molar-refractivity contribution in [2.45, 2.75) is 65.5 Å². The highest BCUT2D eigenvalue weighted by molar-refractivity contribution is 7.20. The van der Waals surface area contributed by atoms with Gasteiger partial charge in [-0.1, -0.05) is 37.6 Å². The van der Waals surface area contributed by atoms with Gasteiger partial charge < -0.3 is 10.1 Å². The van der Waals surface area contributed by atoms with Crippen LogP contribution in [0.15, 0.2) is 29.1 Å². The summed E-state index contributed by atoms with van der Waals surface area (Å²) in [5.41, 5.74) is 2.70. The van der Waals surface area contributed by atoms with Gasteiger partial charge in [0.15, 0.2) is 6.61 Å². The van der Waals surface area contributed by atoms with Crippen molar-refractivity contribution in [3.05, 3.63) is 62.0 Å². The van der Waals surface area contributed by atoms with Gasteiger partial charge in [-0.2, -0.15) is 0 Å². The van der Waals surface area contributed by atoms with E-state index in [-0.39, 0.29) is 24.1 Å². The number of ether oxygens (including phenoxy) is 1. The molecule has 0 saturated carbocycles. The Hall–Kier alpha value is -3.00. The third-order valence-corrected chi connectivity index (χ3v) is 7.36. The molecule has 1 amide bonds. The maximum absolute atomic E-state index is 13.1. The van der Waals surface area contributed by atoms with E-state index in [0.29, 0.717) is 27.2 Å². The second-order valence-electron chi connectivity index (χ2n) is 8.49. The SMILES string of the molecule is CCc1ccc(C(C)NC(=O)COC(=O)c2sc3nc4n(c(=O)c3c2C)CCCCC4)cc1. The number of fused-ring (bicyclic) bond motifs is 2. The Morgan fingerprint density at radius 1 is 1.21 bits per heavy atom. The summed E-state index contributed by atoms with van der Waals surface area (Å²) in [6, 6.07) is 7.86. The molecule has 0 bridgehead atoms. The molecule has 0 fully saturated rings. The number of esters is 1. The highest BCUT2D eigenvalue weighted by atomic mass is 32.1. The van der Waals surface area contributed by atoms with E-state index in [9.17, 15) is 14.4 Å². The van der Waals surface area contributed by atoms with Gasteiger partial charge in [0.1, 0.15) is 15.5 Å². The van der Waals surface area contributed by atoms with Crippen LogP contribution in [-0.2, 0) is 28.9 Å². The molecule has 1 unspecified atom stereocenters. The molecule has 1 N–H and O–H groups in total. The molecule has 7 nitrogen and oxygen atoms in total. The van der Waals surface area contributed by atoms with Crippen LogP contribution in [0.4, 0.5) is 0 Å². The van der Waals surface area contributed by atoms with Gasteiger partial charge >= 0.3 is 5.97 Å². The van der Waals surface area contributed by atoms with Crippen LogP contribution >= 0.6 is 11.3 Å². The maximum Gasteiger partial charge on any atom is 0.349 e. The highest BCUT2D eigenvalue weighted by Gasteiger charge is 2.23. The third kappa shape index (κ3) is 4.85. The summed E-state index contributed by atoms with van der Waals surface area (Å²) in [6.45, 7) is 6.00. The van der Waals surface area contributed by atoms with E-state index >= 15 is 0 Å². The van der Waals surface area contributed by atoms with E-state index in [0.717, 1.165) is 54.8 Å². The van der Waals surface area contributed by atoms with Crippen LogP contribution < -0.4 is 10.9 Å². The zero-order valence-corrected chi connectivity index (χ0v) is 20.1. The number of thiophene rings is 1. The first-order valence-electron chi connectivity index (χ1n) is 11.5. The average molecular weight is 468 g/mol. The summed E-state index contributed by atoms with van der Waals surface area (Å²) < 4.78 is 7.02. The van der Waals surface area contributed by atoms with Crippen LogP contribution in [0.1, 0.15) is 71.3 Å². The van der Waals surface area contributed by atoms with Gasteiger partial charge in [0.2, 0.25) is 0 Å². The summed E-state index contributed by atoms with van der Waals surface area (Å²) in [7, 11) is 0. The van der Waals surface area contributed by atoms with E-state index in [1.54, 1.807) is 11.5 Å². The number of nitrogens with zero attached hydrogens (tertiary/aromatic N) is 2. The lowest BCUT2D eigenvalue weighted by molar-refractivity contribution is -0.124. The summed E-state index contributed by atoms with van der Waals surface area (Å²) in [6.07, 6.45) is 4.76. The van der Waals surface area contributed by atoms with Gasteiger partial charge in [0.05, 0.1) is 11.4 Å². The van der Waals surface area contributed by atoms with Gasteiger partial charge in [-0.05, 0) is 49.8 Å². The maximum atomic E-state index is 13.1. The fraction of sp³-hybridized carbons (Fsp3) is 0.440. The molecule has 4 rings (SSSR count). The van der Waals surface area contributed by atoms with Crippen molar-refractivity contribution < 1.29 is 14.3 Å². The Labute approximate surface area is 196 Å². The van der Waals surface area contributed by atoms with E-state index < -0.39 is 5.97 Å². The fourth-order valence-electron chi connectivity index (χ4n) is 4.21. The summed E-state index contributed by atoms with van der Waals surface area (Å²) in [4.78, 5) is 43.7. The van der Waals surface area contributed by atoms with Crippen molar-refractivity contribution in [1.82, 2.24) is 14.9 Å². The molecule has 3 aromatic rings. The van der Waals surface area contributed by atoms with Crippen LogP contribution in [0.5, 0.6) is 0 Å². The lowest BCUT2D eigenvalue weighted by atomic mass is 10.1. The lowest BCUT2D eigenvalue weighted by Gasteiger charge is -2.15. The predicted octanol–water partition coefficient (Wildman–Crippen LogP) is 4.09. The van der Waals surface area contributed by atoms with Crippen molar-refractivity contribution >= 4 is 33.4 Å². The topological polar surface area (TPSA) is 90.3 Å². The van der Waals surface area contributed by atoms with Gasteiger partial charge in [-0.3, -0.25) is 14.2 Å². The zero-order valence-electron chi connectivity index (χ0n) is 19.3. The number of rotatable bonds is 6. The van der Waals surface area contributed by atoms with Gasteiger partial charge in [-0.25, -0.2) is 9.78 Å². The molecule has 8 heteroatoms. The molecule has 1 aliphatic heterocycles. The Morgan fingerprint density at radius 2 is 1.97 bits per heavy atom. The molecular formula is C25H29N3O4S. The zero-order chi connectivity index (χ0) is 23.5. The molecule has 0 saturated heterocycles. The quantitative estimate of drug-likeness (QED) is 0.552. The second kappa shape index (κ2) is 9.87. The van der Waals surface area contributed by atoms with Crippen molar-refractivity contribution in [2.24, 2.45) is 0 Å². The number of amides is 1. The molecule has 33 heavy (non-hydrogen) atoms. The standard InChI is InChI=1S/C25H29N3O4S/c1-4-17-9-11-18(12-10-17)16(3)26-20(29)14-32-25(31)22-15(2)21-23(33-22)27-19-8-6-5-7-13-28(19)24(21)30/h9-12,16H,4-8,13-14H2,1-3H3,(H,26,29). The van der Waals surface area contributed by atoms with Crippen molar-refractivity contribution in [1.29, 1.82) is 0 Å². The van der Waals surface area contributed by atoms with Crippen molar-refractivity contribution in [2.75, 3.05) is 6.61 Å². The van der Waals surface area contributed by atoms with E-state index in [2.05, 4.69) is 17.2 Å². The number of hydrogen-bond acceptors (Lipinski definition) is 6. The summed E-state index contributed by atoms with van der Waals surface area (Å²) in [5.74, 6) is -0.198. The molecule has 2 aromatic heterocycles. The number of aryl methyl sites for hydroxylation is 3. The number of carbonyl (C=O) groups is 2. The van der Waals surface area contributed by atoms with Crippen molar-refractivity contribution in [3.63, 3.8) is 0 Å². The second-order valence-corrected chi connectivity index (χ2v) is 9.49. The van der Waals surface area contributed by atoms with Crippen LogP contribution in [0.3, 0.4) is 0 Å². The monoisotopic (exact) mass is 467 g/mol. The number of hydrogen-bond donors (Lipinski definition) is 1. The highest BCUT2D eigenvalue weighted by Crippen LogP contribution is 2.29. The average Bonchev–Trinajstić information content (AvgIpc) is 2.97. The summed E-state index contributed by atoms with van der Waals surface area (Å²) in [5, 5.41) is 3.33. The van der Waals surface area contributed by atoms with Gasteiger partial charge in [0.25, 0.3) is 11.5 Å². The minimum atomic E-state index is -0.606. The predicted molar refractivity (Wildman–Crippen MR) is 129 cm³/mol. The lowest BCUT2D eigenvalue weighted by Crippen LogP contribution is -2.31. The van der Waals surface area contributed by atoms with E-state index in [4.69, 9.17) is 4.74 Å². The first-order valence-corrected chi connectivity index (χ1v) is 12.3. The molecule has 0 radical (unpaired) electrons. The smallest absolute Gasteiger partial charge is 0.349 e. The minimum Gasteiger partial charge on any atom is -0.451 e. The molecule has 1 aromatic carbocycles. The normalized spacial score (nSPS) is 14.4. The largest absolute Gasteiger partial charge is 0.451 e. The molecule has 1 aliphatic rings. The first-order chi connectivity index (χ1) is 15.9. The van der Waals surface area contributed by atoms with Crippen LogP contribution in [0, 0.1) is 6.92 Å². The van der Waals surface area contributed by atoms with Crippen molar-refractivity contribution in [3.8, 4) is 0 Å². The Balaban J connectivity index is 1.44. The summed E-state index contributed by atoms with van der Waals surface area (Å²) >= 11 is 1.16. The first kappa shape index (κ1) is 23.2.